The molecule has 0 aliphatic carbocycles. The molecule has 1 unspecified atom stereocenters. The zero-order valence-electron chi connectivity index (χ0n) is 8.18. The second-order valence-corrected chi connectivity index (χ2v) is 6.95. The molecule has 0 aromatic heterocycles. The van der Waals surface area contributed by atoms with Crippen molar-refractivity contribution in [2.45, 2.75) is 21.2 Å². The summed E-state index contributed by atoms with van der Waals surface area (Å²) in [7, 11) is 0. The van der Waals surface area contributed by atoms with E-state index in [0.717, 1.165) is 0 Å². The van der Waals surface area contributed by atoms with Crippen molar-refractivity contribution < 1.29 is 5.11 Å². The summed E-state index contributed by atoms with van der Waals surface area (Å²) in [6, 6.07) is 6.46. The standard InChI is InChI=1S/C10H8Cl5O/c1-6(16)7-3-2-4-8(5-7)9(11,12)10(13,14)15/h2-6H,1H3. The number of rotatable bonds is 2. The molecule has 1 nitrogen and oxygen atoms in total. The van der Waals surface area contributed by atoms with Crippen LogP contribution in [0.25, 0.3) is 0 Å². The fourth-order valence-corrected chi connectivity index (χ4v) is 1.71. The first-order chi connectivity index (χ1) is 7.16. The number of hydrogen-bond donors (Lipinski definition) is 0. The van der Waals surface area contributed by atoms with Crippen LogP contribution in [0.3, 0.4) is 0 Å². The molecule has 1 rings (SSSR count). The molecule has 0 spiro atoms. The minimum atomic E-state index is -1.87. The number of hydrogen-bond acceptors (Lipinski definition) is 0. The fourth-order valence-electron chi connectivity index (χ4n) is 1.15. The van der Waals surface area contributed by atoms with E-state index in [1.54, 1.807) is 24.3 Å². The van der Waals surface area contributed by atoms with E-state index in [0.29, 0.717) is 11.1 Å². The molecular formula is C10H8Cl5O. The minimum Gasteiger partial charge on any atom is -0.228 e. The molecule has 0 heterocycles. The average molecular weight is 321 g/mol. The van der Waals surface area contributed by atoms with Gasteiger partial charge in [0, 0.05) is 0 Å². The summed E-state index contributed by atoms with van der Waals surface area (Å²) in [5.74, 6) is 0. The van der Waals surface area contributed by atoms with Crippen molar-refractivity contribution in [3.63, 3.8) is 0 Å². The van der Waals surface area contributed by atoms with Crippen LogP contribution in [0.5, 0.6) is 0 Å². The quantitative estimate of drug-likeness (QED) is 0.669. The number of alkyl halides is 5. The van der Waals surface area contributed by atoms with Crippen LogP contribution < -0.4 is 0 Å². The van der Waals surface area contributed by atoms with E-state index < -0.39 is 14.2 Å². The van der Waals surface area contributed by atoms with Gasteiger partial charge in [0.2, 0.25) is 3.79 Å². The summed E-state index contributed by atoms with van der Waals surface area (Å²) in [5.41, 5.74) is 0.924. The van der Waals surface area contributed by atoms with Gasteiger partial charge in [0.05, 0.1) is 0 Å². The SMILES string of the molecule is CC([O])c1cccc(C(Cl)(Cl)C(Cl)(Cl)Cl)c1. The Kier molecular flexibility index (Phi) is 4.68. The van der Waals surface area contributed by atoms with Crippen molar-refractivity contribution in [2.24, 2.45) is 0 Å². The average Bonchev–Trinajstić information content (AvgIpc) is 2.16. The monoisotopic (exact) mass is 319 g/mol. The van der Waals surface area contributed by atoms with Crippen LogP contribution >= 0.6 is 58.0 Å². The number of benzene rings is 1. The molecule has 1 aromatic carbocycles. The molecule has 0 fully saturated rings. The van der Waals surface area contributed by atoms with Crippen molar-refractivity contribution in [3.05, 3.63) is 35.4 Å². The van der Waals surface area contributed by atoms with Gasteiger partial charge in [0.1, 0.15) is 6.10 Å². The van der Waals surface area contributed by atoms with E-state index in [9.17, 15) is 5.11 Å². The van der Waals surface area contributed by atoms with Gasteiger partial charge in [-0.1, -0.05) is 76.2 Å². The molecule has 6 heteroatoms. The molecular weight excluding hydrogens is 313 g/mol. The van der Waals surface area contributed by atoms with E-state index >= 15 is 0 Å². The van der Waals surface area contributed by atoms with Gasteiger partial charge in [-0.3, -0.25) is 0 Å². The van der Waals surface area contributed by atoms with E-state index in [4.69, 9.17) is 58.0 Å². The van der Waals surface area contributed by atoms with Gasteiger partial charge < -0.3 is 0 Å². The highest BCUT2D eigenvalue weighted by Crippen LogP contribution is 2.52. The lowest BCUT2D eigenvalue weighted by Gasteiger charge is -2.28. The van der Waals surface area contributed by atoms with Gasteiger partial charge in [-0.05, 0) is 24.1 Å². The van der Waals surface area contributed by atoms with Gasteiger partial charge in [0.15, 0.2) is 4.33 Å². The Labute approximate surface area is 119 Å². The molecule has 1 radical (unpaired) electrons. The van der Waals surface area contributed by atoms with Gasteiger partial charge in [-0.2, -0.15) is 0 Å². The van der Waals surface area contributed by atoms with E-state index in [1.165, 1.54) is 6.92 Å². The highest BCUT2D eigenvalue weighted by atomic mass is 35.6. The molecule has 89 valence electrons. The molecule has 1 aromatic rings. The van der Waals surface area contributed by atoms with E-state index in [2.05, 4.69) is 0 Å². The van der Waals surface area contributed by atoms with Crippen molar-refractivity contribution in [1.82, 2.24) is 0 Å². The first-order valence-electron chi connectivity index (χ1n) is 4.37. The third-order valence-corrected chi connectivity index (χ3v) is 4.51. The first kappa shape index (κ1) is 14.7. The second-order valence-electron chi connectivity index (χ2n) is 3.34. The Balaban J connectivity index is 3.19. The second kappa shape index (κ2) is 5.09. The number of halogens is 5. The maximum atomic E-state index is 11.3. The third kappa shape index (κ3) is 3.10. The Hall–Kier alpha value is 0.630. The van der Waals surface area contributed by atoms with Crippen LogP contribution in [-0.2, 0) is 9.44 Å². The Bertz CT molecular complexity index is 370. The lowest BCUT2D eigenvalue weighted by atomic mass is 10.1. The first-order valence-corrected chi connectivity index (χ1v) is 6.26. The zero-order valence-corrected chi connectivity index (χ0v) is 12.0. The van der Waals surface area contributed by atoms with Crippen LogP contribution in [-0.4, -0.2) is 3.79 Å². The Morgan fingerprint density at radius 2 is 1.69 bits per heavy atom. The summed E-state index contributed by atoms with van der Waals surface area (Å²) >= 11 is 29.0. The van der Waals surface area contributed by atoms with Crippen molar-refractivity contribution in [2.75, 3.05) is 0 Å². The summed E-state index contributed by atoms with van der Waals surface area (Å²) in [4.78, 5) is 0. The van der Waals surface area contributed by atoms with Gasteiger partial charge >= 0.3 is 0 Å². The summed E-state index contributed by atoms with van der Waals surface area (Å²) in [5, 5.41) is 11.3. The molecule has 0 N–H and O–H groups in total. The maximum absolute atomic E-state index is 11.3. The predicted molar refractivity (Wildman–Crippen MR) is 69.2 cm³/mol. The van der Waals surface area contributed by atoms with Gasteiger partial charge in [-0.25, -0.2) is 5.11 Å². The zero-order chi connectivity index (χ0) is 12.6. The summed E-state index contributed by atoms with van der Waals surface area (Å²) in [6.07, 6.45) is -0.889. The molecule has 1 atom stereocenters. The third-order valence-electron chi connectivity index (χ3n) is 2.07. The summed E-state index contributed by atoms with van der Waals surface area (Å²) in [6.45, 7) is 1.51. The maximum Gasteiger partial charge on any atom is 0.227 e. The molecule has 16 heavy (non-hydrogen) atoms. The normalized spacial score (nSPS) is 14.9. The highest BCUT2D eigenvalue weighted by molar-refractivity contribution is 6.75. The van der Waals surface area contributed by atoms with Crippen molar-refractivity contribution in [1.29, 1.82) is 0 Å². The smallest absolute Gasteiger partial charge is 0.227 e. The molecule has 0 aliphatic heterocycles. The molecule has 0 bridgehead atoms. The lowest BCUT2D eigenvalue weighted by molar-refractivity contribution is 0.106. The van der Waals surface area contributed by atoms with Gasteiger partial charge in [0.25, 0.3) is 0 Å². The molecule has 0 aliphatic rings. The Morgan fingerprint density at radius 1 is 1.12 bits per heavy atom. The highest BCUT2D eigenvalue weighted by Gasteiger charge is 2.47. The van der Waals surface area contributed by atoms with Crippen LogP contribution in [0.4, 0.5) is 0 Å². The van der Waals surface area contributed by atoms with Crippen LogP contribution in [0, 0.1) is 0 Å². The van der Waals surface area contributed by atoms with Crippen LogP contribution in [0.1, 0.15) is 24.2 Å². The van der Waals surface area contributed by atoms with Crippen LogP contribution in [0.15, 0.2) is 24.3 Å². The van der Waals surface area contributed by atoms with E-state index in [1.807, 2.05) is 0 Å². The minimum absolute atomic E-state index is 0.385. The van der Waals surface area contributed by atoms with Crippen LogP contribution in [0.2, 0.25) is 0 Å². The Morgan fingerprint density at radius 3 is 2.12 bits per heavy atom. The lowest BCUT2D eigenvalue weighted by Crippen LogP contribution is -2.28. The molecule has 0 amide bonds. The fraction of sp³-hybridized carbons (Fsp3) is 0.400. The topological polar surface area (TPSA) is 19.9 Å². The molecule has 0 saturated heterocycles. The largest absolute Gasteiger partial charge is 0.228 e. The van der Waals surface area contributed by atoms with E-state index in [-0.39, 0.29) is 0 Å². The predicted octanol–water partition coefficient (Wildman–Crippen LogP) is 5.18. The molecule has 0 saturated carbocycles. The van der Waals surface area contributed by atoms with Gasteiger partial charge in [-0.15, -0.1) is 0 Å². The van der Waals surface area contributed by atoms with Crippen molar-refractivity contribution >= 4 is 58.0 Å². The van der Waals surface area contributed by atoms with Crippen molar-refractivity contribution in [3.8, 4) is 0 Å². The summed E-state index contributed by atoms with van der Waals surface area (Å²) < 4.78 is -3.57.